The fourth-order valence-electron chi connectivity index (χ4n) is 2.59. The van der Waals surface area contributed by atoms with Crippen LogP contribution in [-0.4, -0.2) is 33.1 Å². The molecule has 0 amide bonds. The van der Waals surface area contributed by atoms with E-state index >= 15 is 0 Å². The molecule has 1 aliphatic carbocycles. The van der Waals surface area contributed by atoms with Crippen molar-refractivity contribution >= 4 is 15.9 Å². The summed E-state index contributed by atoms with van der Waals surface area (Å²) in [6, 6.07) is 0.638. The van der Waals surface area contributed by atoms with Crippen molar-refractivity contribution in [2.24, 2.45) is 0 Å². The number of unbranched alkanes of at least 4 members (excludes halogenated alkanes) is 1. The monoisotopic (exact) mass is 343 g/mol. The zero-order valence-corrected chi connectivity index (χ0v) is 14.3. The first-order valence-electron chi connectivity index (χ1n) is 7.53. The van der Waals surface area contributed by atoms with Gasteiger partial charge >= 0.3 is 0 Å². The molecule has 1 unspecified atom stereocenters. The van der Waals surface area contributed by atoms with Gasteiger partial charge in [0, 0.05) is 23.8 Å². The van der Waals surface area contributed by atoms with E-state index in [9.17, 15) is 5.11 Å². The van der Waals surface area contributed by atoms with Crippen molar-refractivity contribution in [1.29, 1.82) is 0 Å². The summed E-state index contributed by atoms with van der Waals surface area (Å²) in [5.41, 5.74) is 2.14. The highest BCUT2D eigenvalue weighted by Gasteiger charge is 2.31. The Morgan fingerprint density at radius 1 is 1.40 bits per heavy atom. The highest BCUT2D eigenvalue weighted by atomic mass is 79.9. The van der Waals surface area contributed by atoms with Crippen molar-refractivity contribution < 1.29 is 5.11 Å². The van der Waals surface area contributed by atoms with E-state index in [0.29, 0.717) is 6.04 Å². The fraction of sp³-hybridized carbons (Fsp3) is 0.800. The minimum Gasteiger partial charge on any atom is -0.394 e. The second-order valence-electron chi connectivity index (χ2n) is 6.30. The lowest BCUT2D eigenvalue weighted by Gasteiger charge is -2.29. The van der Waals surface area contributed by atoms with Crippen LogP contribution in [0.2, 0.25) is 0 Å². The average molecular weight is 344 g/mol. The number of hydrogen-bond donors (Lipinski definition) is 2. The summed E-state index contributed by atoms with van der Waals surface area (Å²) in [6.07, 6.45) is 5.73. The molecule has 1 aromatic rings. The van der Waals surface area contributed by atoms with E-state index in [1.54, 1.807) is 0 Å². The standard InChI is InChI=1S/C15H26BrN3O/c1-11-14(16)12(2)19(18-11)9-5-4-8-15(3,10-20)17-13-6-7-13/h13,17,20H,4-10H2,1-3H3. The third-order valence-corrected chi connectivity index (χ3v) is 5.27. The van der Waals surface area contributed by atoms with Crippen LogP contribution >= 0.6 is 15.9 Å². The van der Waals surface area contributed by atoms with E-state index in [-0.39, 0.29) is 12.1 Å². The maximum Gasteiger partial charge on any atom is 0.0738 e. The summed E-state index contributed by atoms with van der Waals surface area (Å²) >= 11 is 3.56. The molecule has 0 saturated heterocycles. The number of hydrogen-bond acceptors (Lipinski definition) is 3. The van der Waals surface area contributed by atoms with Gasteiger partial charge in [-0.3, -0.25) is 4.68 Å². The number of rotatable bonds is 8. The van der Waals surface area contributed by atoms with Gasteiger partial charge in [0.05, 0.1) is 16.8 Å². The predicted octanol–water partition coefficient (Wildman–Crippen LogP) is 2.94. The molecule has 0 aromatic carbocycles. The van der Waals surface area contributed by atoms with E-state index in [1.165, 1.54) is 18.5 Å². The largest absolute Gasteiger partial charge is 0.394 e. The SMILES string of the molecule is Cc1nn(CCCCC(C)(CO)NC2CC2)c(C)c1Br. The van der Waals surface area contributed by atoms with Crippen LogP contribution in [0.1, 0.15) is 50.4 Å². The number of aromatic nitrogens is 2. The van der Waals surface area contributed by atoms with Crippen molar-refractivity contribution in [2.45, 2.75) is 71.0 Å². The second kappa shape index (κ2) is 6.58. The highest BCUT2D eigenvalue weighted by molar-refractivity contribution is 9.10. The van der Waals surface area contributed by atoms with Crippen molar-refractivity contribution in [3.05, 3.63) is 15.9 Å². The van der Waals surface area contributed by atoms with Gasteiger partial charge in [-0.2, -0.15) is 5.10 Å². The molecule has 1 fully saturated rings. The van der Waals surface area contributed by atoms with Gasteiger partial charge in [-0.25, -0.2) is 0 Å². The summed E-state index contributed by atoms with van der Waals surface area (Å²) in [4.78, 5) is 0. The van der Waals surface area contributed by atoms with Gasteiger partial charge in [0.15, 0.2) is 0 Å². The Kier molecular flexibility index (Phi) is 5.26. The summed E-state index contributed by atoms with van der Waals surface area (Å²) in [5, 5.41) is 17.7. The van der Waals surface area contributed by atoms with Gasteiger partial charge in [-0.1, -0.05) is 0 Å². The summed E-state index contributed by atoms with van der Waals surface area (Å²) < 4.78 is 3.19. The maximum atomic E-state index is 9.58. The quantitative estimate of drug-likeness (QED) is 0.713. The Bertz CT molecular complexity index is 456. The smallest absolute Gasteiger partial charge is 0.0738 e. The van der Waals surface area contributed by atoms with Gasteiger partial charge in [-0.15, -0.1) is 0 Å². The summed E-state index contributed by atoms with van der Waals surface area (Å²) in [6.45, 7) is 7.41. The summed E-state index contributed by atoms with van der Waals surface area (Å²) in [7, 11) is 0. The van der Waals surface area contributed by atoms with Gasteiger partial charge in [0.1, 0.15) is 0 Å². The number of halogens is 1. The molecule has 1 heterocycles. The Labute approximate surface area is 130 Å². The van der Waals surface area contributed by atoms with E-state index < -0.39 is 0 Å². The summed E-state index contributed by atoms with van der Waals surface area (Å²) in [5.74, 6) is 0. The Morgan fingerprint density at radius 2 is 2.10 bits per heavy atom. The number of nitrogens with zero attached hydrogens (tertiary/aromatic N) is 2. The van der Waals surface area contributed by atoms with Crippen molar-refractivity contribution in [2.75, 3.05) is 6.61 Å². The molecule has 1 saturated carbocycles. The maximum absolute atomic E-state index is 9.58. The number of aryl methyl sites for hydroxylation is 2. The predicted molar refractivity (Wildman–Crippen MR) is 84.9 cm³/mol. The van der Waals surface area contributed by atoms with Gasteiger partial charge in [0.25, 0.3) is 0 Å². The number of aliphatic hydroxyl groups excluding tert-OH is 1. The van der Waals surface area contributed by atoms with Gasteiger partial charge in [-0.05, 0) is 68.8 Å². The molecule has 20 heavy (non-hydrogen) atoms. The molecule has 5 heteroatoms. The second-order valence-corrected chi connectivity index (χ2v) is 7.10. The molecule has 4 nitrogen and oxygen atoms in total. The molecule has 114 valence electrons. The van der Waals surface area contributed by atoms with E-state index in [2.05, 4.69) is 44.9 Å². The molecule has 1 aliphatic rings. The van der Waals surface area contributed by atoms with Crippen molar-refractivity contribution in [1.82, 2.24) is 15.1 Å². The van der Waals surface area contributed by atoms with Crippen molar-refractivity contribution in [3.63, 3.8) is 0 Å². The lowest BCUT2D eigenvalue weighted by molar-refractivity contribution is 0.160. The normalized spacial score (nSPS) is 18.2. The molecule has 0 aliphatic heterocycles. The molecule has 2 N–H and O–H groups in total. The lowest BCUT2D eigenvalue weighted by Crippen LogP contribution is -2.46. The van der Waals surface area contributed by atoms with Gasteiger partial charge in [0.2, 0.25) is 0 Å². The van der Waals surface area contributed by atoms with Crippen LogP contribution in [0.3, 0.4) is 0 Å². The Morgan fingerprint density at radius 3 is 2.60 bits per heavy atom. The molecule has 1 atom stereocenters. The van der Waals surface area contributed by atoms with Crippen LogP contribution in [0.5, 0.6) is 0 Å². The van der Waals surface area contributed by atoms with Crippen LogP contribution in [0.4, 0.5) is 0 Å². The first kappa shape index (κ1) is 16.0. The fourth-order valence-corrected chi connectivity index (χ4v) is 2.87. The molecule has 0 bridgehead atoms. The van der Waals surface area contributed by atoms with Crippen LogP contribution in [0.15, 0.2) is 4.47 Å². The minimum absolute atomic E-state index is 0.114. The topological polar surface area (TPSA) is 50.1 Å². The van der Waals surface area contributed by atoms with Crippen molar-refractivity contribution in [3.8, 4) is 0 Å². The van der Waals surface area contributed by atoms with E-state index in [1.807, 2.05) is 6.92 Å². The average Bonchev–Trinajstić information content (AvgIpc) is 3.19. The molecular weight excluding hydrogens is 318 g/mol. The zero-order chi connectivity index (χ0) is 14.8. The Hall–Kier alpha value is -0.390. The zero-order valence-electron chi connectivity index (χ0n) is 12.7. The van der Waals surface area contributed by atoms with Gasteiger partial charge < -0.3 is 10.4 Å². The molecule has 0 radical (unpaired) electrons. The van der Waals surface area contributed by atoms with Crippen LogP contribution in [-0.2, 0) is 6.54 Å². The first-order chi connectivity index (χ1) is 9.45. The Balaban J connectivity index is 1.76. The van der Waals surface area contributed by atoms with Crippen LogP contribution < -0.4 is 5.32 Å². The highest BCUT2D eigenvalue weighted by Crippen LogP contribution is 2.25. The van der Waals surface area contributed by atoms with Crippen LogP contribution in [0, 0.1) is 13.8 Å². The van der Waals surface area contributed by atoms with Crippen LogP contribution in [0.25, 0.3) is 0 Å². The van der Waals surface area contributed by atoms with E-state index in [0.717, 1.165) is 36.0 Å². The number of nitrogens with one attached hydrogen (secondary N) is 1. The lowest BCUT2D eigenvalue weighted by atomic mass is 9.95. The first-order valence-corrected chi connectivity index (χ1v) is 8.32. The molecular formula is C15H26BrN3O. The minimum atomic E-state index is -0.114. The third kappa shape index (κ3) is 4.06. The molecule has 2 rings (SSSR count). The molecule has 0 spiro atoms. The third-order valence-electron chi connectivity index (χ3n) is 4.12. The molecule has 1 aromatic heterocycles. The van der Waals surface area contributed by atoms with E-state index in [4.69, 9.17) is 0 Å². The number of aliphatic hydroxyl groups is 1.